The first-order chi connectivity index (χ1) is 7.29. The van der Waals surface area contributed by atoms with Crippen molar-refractivity contribution in [1.82, 2.24) is 4.90 Å². The van der Waals surface area contributed by atoms with Gasteiger partial charge in [-0.25, -0.2) is 0 Å². The summed E-state index contributed by atoms with van der Waals surface area (Å²) in [5, 5.41) is 9.94. The zero-order chi connectivity index (χ0) is 11.1. The molecule has 1 saturated heterocycles. The van der Waals surface area contributed by atoms with Crippen LogP contribution in [0.4, 0.5) is 0 Å². The lowest BCUT2D eigenvalue weighted by Crippen LogP contribution is -2.46. The second-order valence-corrected chi connectivity index (χ2v) is 4.77. The van der Waals surface area contributed by atoms with E-state index in [1.807, 2.05) is 0 Å². The Bertz CT molecular complexity index is 161. The van der Waals surface area contributed by atoms with Gasteiger partial charge in [-0.1, -0.05) is 39.5 Å². The number of hydrogen-bond acceptors (Lipinski definition) is 2. The molecule has 0 amide bonds. The maximum Gasteiger partial charge on any atom is 0.107 e. The summed E-state index contributed by atoms with van der Waals surface area (Å²) in [6, 6.07) is 0.653. The second kappa shape index (κ2) is 7.24. The summed E-state index contributed by atoms with van der Waals surface area (Å²) in [4.78, 5) is 2.33. The third kappa shape index (κ3) is 4.12. The van der Waals surface area contributed by atoms with Gasteiger partial charge in [-0.3, -0.25) is 4.90 Å². The number of unbranched alkanes of at least 4 members (excludes halogenated alkanes) is 2. The van der Waals surface area contributed by atoms with Crippen molar-refractivity contribution in [2.45, 2.75) is 77.5 Å². The number of nitrogens with zero attached hydrogens (tertiary/aromatic N) is 1. The summed E-state index contributed by atoms with van der Waals surface area (Å²) in [5.74, 6) is 0. The molecule has 0 aromatic heterocycles. The van der Waals surface area contributed by atoms with E-state index in [1.54, 1.807) is 0 Å². The van der Waals surface area contributed by atoms with Gasteiger partial charge in [0.2, 0.25) is 0 Å². The molecule has 0 saturated carbocycles. The van der Waals surface area contributed by atoms with Crippen molar-refractivity contribution in [3.8, 4) is 0 Å². The number of aliphatic hydroxyl groups is 1. The van der Waals surface area contributed by atoms with E-state index in [9.17, 15) is 5.11 Å². The molecule has 1 N–H and O–H groups in total. The summed E-state index contributed by atoms with van der Waals surface area (Å²) < 4.78 is 0. The molecule has 0 aromatic carbocycles. The van der Waals surface area contributed by atoms with Crippen LogP contribution in [0.5, 0.6) is 0 Å². The minimum Gasteiger partial charge on any atom is -0.378 e. The maximum absolute atomic E-state index is 9.94. The average molecular weight is 213 g/mol. The maximum atomic E-state index is 9.94. The lowest BCUT2D eigenvalue weighted by Gasteiger charge is -2.38. The largest absolute Gasteiger partial charge is 0.378 e. The monoisotopic (exact) mass is 213 g/mol. The Labute approximate surface area is 94.7 Å². The minimum absolute atomic E-state index is 0.197. The van der Waals surface area contributed by atoms with Gasteiger partial charge >= 0.3 is 0 Å². The molecule has 2 unspecified atom stereocenters. The van der Waals surface area contributed by atoms with Crippen LogP contribution in [0.1, 0.15) is 65.2 Å². The molecule has 2 atom stereocenters. The van der Waals surface area contributed by atoms with Crippen LogP contribution in [0, 0.1) is 0 Å². The van der Waals surface area contributed by atoms with Crippen molar-refractivity contribution < 1.29 is 5.11 Å². The van der Waals surface area contributed by atoms with E-state index >= 15 is 0 Å². The van der Waals surface area contributed by atoms with Crippen molar-refractivity contribution in [3.63, 3.8) is 0 Å². The molecule has 1 rings (SSSR count). The van der Waals surface area contributed by atoms with E-state index in [-0.39, 0.29) is 6.23 Å². The van der Waals surface area contributed by atoms with E-state index in [2.05, 4.69) is 18.7 Å². The lowest BCUT2D eigenvalue weighted by molar-refractivity contribution is -0.0449. The molecule has 1 heterocycles. The number of aliphatic hydroxyl groups excluding tert-OH is 1. The molecule has 1 aliphatic heterocycles. The molecule has 1 aliphatic rings. The summed E-state index contributed by atoms with van der Waals surface area (Å²) in [6.07, 6.45) is 9.82. The quantitative estimate of drug-likeness (QED) is 0.685. The zero-order valence-corrected chi connectivity index (χ0v) is 10.4. The van der Waals surface area contributed by atoms with Crippen LogP contribution in [0.25, 0.3) is 0 Å². The minimum atomic E-state index is -0.197. The van der Waals surface area contributed by atoms with Crippen LogP contribution < -0.4 is 0 Å². The fourth-order valence-corrected chi connectivity index (χ4v) is 2.59. The molecule has 0 aromatic rings. The first-order valence-electron chi connectivity index (χ1n) is 6.73. The first kappa shape index (κ1) is 13.0. The normalized spacial score (nSPS) is 25.4. The topological polar surface area (TPSA) is 23.5 Å². The molecular formula is C13H27NO. The summed E-state index contributed by atoms with van der Waals surface area (Å²) in [7, 11) is 0. The van der Waals surface area contributed by atoms with Gasteiger partial charge in [0.05, 0.1) is 0 Å². The molecule has 0 bridgehead atoms. The Kier molecular flexibility index (Phi) is 6.26. The summed E-state index contributed by atoms with van der Waals surface area (Å²) in [6.45, 7) is 5.42. The number of likely N-dealkylation sites (tertiary alicyclic amines) is 1. The number of rotatable bonds is 6. The lowest BCUT2D eigenvalue weighted by atomic mass is 9.96. The van der Waals surface area contributed by atoms with E-state index in [4.69, 9.17) is 0 Å². The second-order valence-electron chi connectivity index (χ2n) is 4.77. The highest BCUT2D eigenvalue weighted by Gasteiger charge is 2.25. The number of hydrogen-bond donors (Lipinski definition) is 1. The standard InChI is InChI=1S/C13H27NO/c1-3-5-6-9-12-10-7-8-11-14(12)13(15)4-2/h12-13,15H,3-11H2,1-2H3. The Balaban J connectivity index is 2.35. The van der Waals surface area contributed by atoms with E-state index < -0.39 is 0 Å². The molecule has 15 heavy (non-hydrogen) atoms. The Morgan fingerprint density at radius 1 is 1.27 bits per heavy atom. The number of piperidine rings is 1. The molecule has 0 radical (unpaired) electrons. The Morgan fingerprint density at radius 2 is 2.07 bits per heavy atom. The molecular weight excluding hydrogens is 186 g/mol. The van der Waals surface area contributed by atoms with Crippen LogP contribution >= 0.6 is 0 Å². The van der Waals surface area contributed by atoms with Gasteiger partial charge in [-0.15, -0.1) is 0 Å². The van der Waals surface area contributed by atoms with Crippen LogP contribution in [-0.2, 0) is 0 Å². The van der Waals surface area contributed by atoms with Crippen molar-refractivity contribution >= 4 is 0 Å². The van der Waals surface area contributed by atoms with Gasteiger partial charge in [0.15, 0.2) is 0 Å². The third-order valence-electron chi connectivity index (χ3n) is 3.56. The molecule has 90 valence electrons. The van der Waals surface area contributed by atoms with Crippen molar-refractivity contribution in [3.05, 3.63) is 0 Å². The van der Waals surface area contributed by atoms with Gasteiger partial charge in [0.25, 0.3) is 0 Å². The zero-order valence-electron chi connectivity index (χ0n) is 10.4. The van der Waals surface area contributed by atoms with Crippen LogP contribution in [0.3, 0.4) is 0 Å². The highest BCUT2D eigenvalue weighted by molar-refractivity contribution is 4.78. The Hall–Kier alpha value is -0.0800. The average Bonchev–Trinajstić information content (AvgIpc) is 2.29. The van der Waals surface area contributed by atoms with Crippen LogP contribution in [0.2, 0.25) is 0 Å². The fourth-order valence-electron chi connectivity index (χ4n) is 2.59. The van der Waals surface area contributed by atoms with Gasteiger partial charge in [-0.05, 0) is 25.7 Å². The van der Waals surface area contributed by atoms with Crippen molar-refractivity contribution in [2.75, 3.05) is 6.54 Å². The molecule has 2 heteroatoms. The van der Waals surface area contributed by atoms with Crippen LogP contribution in [-0.4, -0.2) is 28.8 Å². The van der Waals surface area contributed by atoms with E-state index in [0.717, 1.165) is 13.0 Å². The third-order valence-corrected chi connectivity index (χ3v) is 3.56. The Morgan fingerprint density at radius 3 is 2.73 bits per heavy atom. The highest BCUT2D eigenvalue weighted by atomic mass is 16.3. The van der Waals surface area contributed by atoms with Gasteiger partial charge in [0, 0.05) is 12.6 Å². The predicted octanol–water partition coefficient (Wildman–Crippen LogP) is 3.15. The van der Waals surface area contributed by atoms with Gasteiger partial charge in [-0.2, -0.15) is 0 Å². The molecule has 0 aliphatic carbocycles. The van der Waals surface area contributed by atoms with E-state index in [1.165, 1.54) is 44.9 Å². The molecule has 2 nitrogen and oxygen atoms in total. The highest BCUT2D eigenvalue weighted by Crippen LogP contribution is 2.24. The van der Waals surface area contributed by atoms with Crippen molar-refractivity contribution in [2.24, 2.45) is 0 Å². The molecule has 1 fully saturated rings. The van der Waals surface area contributed by atoms with Gasteiger partial charge < -0.3 is 5.11 Å². The smallest absolute Gasteiger partial charge is 0.107 e. The van der Waals surface area contributed by atoms with Crippen LogP contribution in [0.15, 0.2) is 0 Å². The van der Waals surface area contributed by atoms with E-state index in [0.29, 0.717) is 6.04 Å². The van der Waals surface area contributed by atoms with Gasteiger partial charge in [0.1, 0.15) is 6.23 Å². The first-order valence-corrected chi connectivity index (χ1v) is 6.73. The SMILES string of the molecule is CCCCCC1CCCCN1C(O)CC. The predicted molar refractivity (Wildman–Crippen MR) is 64.8 cm³/mol. The summed E-state index contributed by atoms with van der Waals surface area (Å²) >= 11 is 0. The fraction of sp³-hybridized carbons (Fsp3) is 1.00. The van der Waals surface area contributed by atoms with Crippen molar-refractivity contribution in [1.29, 1.82) is 0 Å². The summed E-state index contributed by atoms with van der Waals surface area (Å²) in [5.41, 5.74) is 0. The molecule has 0 spiro atoms.